The first kappa shape index (κ1) is 16.9. The normalized spacial score (nSPS) is 10.4. The molecule has 0 fully saturated rings. The highest BCUT2D eigenvalue weighted by atomic mass is 19.1. The van der Waals surface area contributed by atoms with Crippen molar-refractivity contribution < 1.29 is 13.6 Å². The molecule has 0 aliphatic rings. The first-order valence-electron chi connectivity index (χ1n) is 7.57. The van der Waals surface area contributed by atoms with Crippen LogP contribution in [0, 0.1) is 11.6 Å². The third-order valence-corrected chi connectivity index (χ3v) is 3.31. The predicted molar refractivity (Wildman–Crippen MR) is 86.6 cm³/mol. The number of nitrogens with zero attached hydrogens (tertiary/aromatic N) is 1. The van der Waals surface area contributed by atoms with Crippen LogP contribution >= 0.6 is 0 Å². The molecule has 0 aliphatic carbocycles. The Kier molecular flexibility index (Phi) is 6.02. The summed E-state index contributed by atoms with van der Waals surface area (Å²) in [6.45, 7) is 2.94. The number of pyridine rings is 1. The van der Waals surface area contributed by atoms with Gasteiger partial charge in [-0.25, -0.2) is 13.8 Å². The number of benzene rings is 1. The highest BCUT2D eigenvalue weighted by Gasteiger charge is 2.13. The van der Waals surface area contributed by atoms with Crippen LogP contribution in [0.15, 0.2) is 36.5 Å². The molecule has 0 aliphatic heterocycles. The maximum Gasteiger partial charge on any atom is 0.257 e. The molecule has 4 nitrogen and oxygen atoms in total. The fourth-order valence-corrected chi connectivity index (χ4v) is 2.03. The minimum atomic E-state index is -0.819. The van der Waals surface area contributed by atoms with Crippen molar-refractivity contribution in [2.75, 3.05) is 17.2 Å². The zero-order valence-electron chi connectivity index (χ0n) is 12.9. The molecule has 0 spiro atoms. The van der Waals surface area contributed by atoms with Crippen molar-refractivity contribution in [2.24, 2.45) is 0 Å². The number of rotatable bonds is 7. The topological polar surface area (TPSA) is 54.0 Å². The predicted octanol–water partition coefficient (Wildman–Crippen LogP) is 4.21. The standard InChI is InChI=1S/C17H19F2N3O/c1-2-3-4-10-20-15-9-8-12(11-21-15)17(23)22-16-13(18)6-5-7-14(16)19/h5-9,11H,2-4,10H2,1H3,(H,20,21)(H,22,23). The second-order valence-electron chi connectivity index (χ2n) is 5.12. The van der Waals surface area contributed by atoms with E-state index in [1.807, 2.05) is 0 Å². The molecule has 2 rings (SSSR count). The van der Waals surface area contributed by atoms with Crippen molar-refractivity contribution in [2.45, 2.75) is 26.2 Å². The van der Waals surface area contributed by atoms with Crippen LogP contribution in [0.4, 0.5) is 20.3 Å². The Bertz CT molecular complexity index is 639. The molecule has 2 N–H and O–H groups in total. The van der Waals surface area contributed by atoms with Gasteiger partial charge in [-0.3, -0.25) is 4.79 Å². The lowest BCUT2D eigenvalue weighted by Crippen LogP contribution is -2.15. The van der Waals surface area contributed by atoms with Crippen LogP contribution in [-0.4, -0.2) is 17.4 Å². The molecule has 0 bridgehead atoms. The van der Waals surface area contributed by atoms with Crippen LogP contribution in [0.1, 0.15) is 36.5 Å². The van der Waals surface area contributed by atoms with Crippen molar-refractivity contribution in [3.63, 3.8) is 0 Å². The largest absolute Gasteiger partial charge is 0.370 e. The average molecular weight is 319 g/mol. The third kappa shape index (κ3) is 4.74. The fourth-order valence-electron chi connectivity index (χ4n) is 2.03. The lowest BCUT2D eigenvalue weighted by molar-refractivity contribution is 0.102. The van der Waals surface area contributed by atoms with Gasteiger partial charge in [-0.05, 0) is 30.7 Å². The van der Waals surface area contributed by atoms with Crippen LogP contribution in [0.5, 0.6) is 0 Å². The molecule has 0 unspecified atom stereocenters. The second kappa shape index (κ2) is 8.22. The molecule has 122 valence electrons. The zero-order valence-corrected chi connectivity index (χ0v) is 12.9. The van der Waals surface area contributed by atoms with Gasteiger partial charge < -0.3 is 10.6 Å². The minimum absolute atomic E-state index is 0.228. The molecule has 0 saturated carbocycles. The Morgan fingerprint density at radius 2 is 1.87 bits per heavy atom. The van der Waals surface area contributed by atoms with Crippen molar-refractivity contribution in [3.05, 3.63) is 53.7 Å². The summed E-state index contributed by atoms with van der Waals surface area (Å²) in [7, 11) is 0. The number of para-hydroxylation sites is 1. The van der Waals surface area contributed by atoms with Gasteiger partial charge in [-0.15, -0.1) is 0 Å². The summed E-state index contributed by atoms with van der Waals surface area (Å²) in [4.78, 5) is 16.1. The Hall–Kier alpha value is -2.50. The van der Waals surface area contributed by atoms with E-state index in [-0.39, 0.29) is 5.56 Å². The average Bonchev–Trinajstić information content (AvgIpc) is 2.55. The van der Waals surface area contributed by atoms with Crippen LogP contribution < -0.4 is 10.6 Å². The number of hydrogen-bond donors (Lipinski definition) is 2. The number of carbonyl (C=O) groups is 1. The number of nitrogens with one attached hydrogen (secondary N) is 2. The second-order valence-corrected chi connectivity index (χ2v) is 5.12. The lowest BCUT2D eigenvalue weighted by Gasteiger charge is -2.08. The summed E-state index contributed by atoms with van der Waals surface area (Å²) in [5, 5.41) is 5.38. The summed E-state index contributed by atoms with van der Waals surface area (Å²) in [5.41, 5.74) is -0.231. The van der Waals surface area contributed by atoms with Gasteiger partial charge in [-0.1, -0.05) is 25.8 Å². The van der Waals surface area contributed by atoms with Gasteiger partial charge >= 0.3 is 0 Å². The number of aromatic nitrogens is 1. The quantitative estimate of drug-likeness (QED) is 0.752. The number of carbonyl (C=O) groups excluding carboxylic acids is 1. The maximum absolute atomic E-state index is 13.5. The molecule has 2 aromatic rings. The van der Waals surface area contributed by atoms with Gasteiger partial charge in [-0.2, -0.15) is 0 Å². The Morgan fingerprint density at radius 1 is 1.13 bits per heavy atom. The van der Waals surface area contributed by atoms with E-state index < -0.39 is 23.2 Å². The first-order valence-corrected chi connectivity index (χ1v) is 7.57. The summed E-state index contributed by atoms with van der Waals surface area (Å²) in [6, 6.07) is 6.63. The summed E-state index contributed by atoms with van der Waals surface area (Å²) < 4.78 is 27.0. The molecule has 1 aromatic carbocycles. The Labute approximate surface area is 133 Å². The van der Waals surface area contributed by atoms with Crippen molar-refractivity contribution >= 4 is 17.4 Å². The van der Waals surface area contributed by atoms with Gasteiger partial charge in [0.2, 0.25) is 0 Å². The van der Waals surface area contributed by atoms with E-state index in [1.54, 1.807) is 12.1 Å². The molecular formula is C17H19F2N3O. The molecule has 1 amide bonds. The van der Waals surface area contributed by atoms with Crippen LogP contribution in [0.2, 0.25) is 0 Å². The highest BCUT2D eigenvalue weighted by molar-refractivity contribution is 6.04. The SMILES string of the molecule is CCCCCNc1ccc(C(=O)Nc2c(F)cccc2F)cn1. The molecular weight excluding hydrogens is 300 g/mol. The molecule has 0 atom stereocenters. The van der Waals surface area contributed by atoms with Crippen molar-refractivity contribution in [3.8, 4) is 0 Å². The molecule has 1 aromatic heterocycles. The van der Waals surface area contributed by atoms with Gasteiger partial charge in [0.1, 0.15) is 23.1 Å². The Balaban J connectivity index is 1.97. The van der Waals surface area contributed by atoms with Gasteiger partial charge in [0.05, 0.1) is 5.56 Å². The minimum Gasteiger partial charge on any atom is -0.370 e. The zero-order chi connectivity index (χ0) is 16.7. The number of unbranched alkanes of at least 4 members (excludes halogenated alkanes) is 2. The molecule has 0 saturated heterocycles. The van der Waals surface area contributed by atoms with Gasteiger partial charge in [0.15, 0.2) is 0 Å². The molecule has 0 radical (unpaired) electrons. The van der Waals surface area contributed by atoms with E-state index >= 15 is 0 Å². The van der Waals surface area contributed by atoms with Crippen LogP contribution in [-0.2, 0) is 0 Å². The Morgan fingerprint density at radius 3 is 2.48 bits per heavy atom. The van der Waals surface area contributed by atoms with Gasteiger partial charge in [0.25, 0.3) is 5.91 Å². The lowest BCUT2D eigenvalue weighted by atomic mass is 10.2. The number of anilines is 2. The van der Waals surface area contributed by atoms with Crippen LogP contribution in [0.25, 0.3) is 0 Å². The van der Waals surface area contributed by atoms with E-state index in [2.05, 4.69) is 22.5 Å². The highest BCUT2D eigenvalue weighted by Crippen LogP contribution is 2.19. The van der Waals surface area contributed by atoms with Gasteiger partial charge in [0, 0.05) is 12.7 Å². The number of hydrogen-bond acceptors (Lipinski definition) is 3. The summed E-state index contributed by atoms with van der Waals surface area (Å²) >= 11 is 0. The van der Waals surface area contributed by atoms with E-state index in [1.165, 1.54) is 12.3 Å². The molecule has 23 heavy (non-hydrogen) atoms. The maximum atomic E-state index is 13.5. The van der Waals surface area contributed by atoms with Crippen LogP contribution in [0.3, 0.4) is 0 Å². The molecule has 6 heteroatoms. The number of halogens is 2. The molecule has 1 heterocycles. The van der Waals surface area contributed by atoms with E-state index in [9.17, 15) is 13.6 Å². The van der Waals surface area contributed by atoms with E-state index in [0.717, 1.165) is 37.9 Å². The smallest absolute Gasteiger partial charge is 0.257 e. The summed E-state index contributed by atoms with van der Waals surface area (Å²) in [5.74, 6) is -1.59. The third-order valence-electron chi connectivity index (χ3n) is 3.31. The summed E-state index contributed by atoms with van der Waals surface area (Å²) in [6.07, 6.45) is 4.70. The van der Waals surface area contributed by atoms with Crippen molar-refractivity contribution in [1.29, 1.82) is 0 Å². The van der Waals surface area contributed by atoms with Crippen molar-refractivity contribution in [1.82, 2.24) is 4.98 Å². The van der Waals surface area contributed by atoms with E-state index in [4.69, 9.17) is 0 Å². The van der Waals surface area contributed by atoms with E-state index in [0.29, 0.717) is 5.82 Å². The number of amides is 1. The monoisotopic (exact) mass is 319 g/mol. The fraction of sp³-hybridized carbons (Fsp3) is 0.294. The first-order chi connectivity index (χ1) is 11.1.